The van der Waals surface area contributed by atoms with Crippen LogP contribution in [0.3, 0.4) is 0 Å². The summed E-state index contributed by atoms with van der Waals surface area (Å²) < 4.78 is 0. The SMILES string of the molecule is CC(=O)NCCNCc1ccccc1NC(C)=O. The van der Waals surface area contributed by atoms with E-state index in [2.05, 4.69) is 16.0 Å². The first kappa shape index (κ1) is 14.2. The molecular weight excluding hydrogens is 230 g/mol. The molecule has 0 aliphatic rings. The monoisotopic (exact) mass is 249 g/mol. The predicted molar refractivity (Wildman–Crippen MR) is 71.1 cm³/mol. The number of hydrogen-bond acceptors (Lipinski definition) is 3. The fourth-order valence-corrected chi connectivity index (χ4v) is 1.54. The maximum Gasteiger partial charge on any atom is 0.221 e. The van der Waals surface area contributed by atoms with E-state index in [0.29, 0.717) is 19.6 Å². The van der Waals surface area contributed by atoms with Crippen molar-refractivity contribution in [3.63, 3.8) is 0 Å². The number of rotatable bonds is 6. The topological polar surface area (TPSA) is 70.2 Å². The second kappa shape index (κ2) is 7.45. The lowest BCUT2D eigenvalue weighted by atomic mass is 10.1. The highest BCUT2D eigenvalue weighted by molar-refractivity contribution is 5.89. The van der Waals surface area contributed by atoms with E-state index < -0.39 is 0 Å². The van der Waals surface area contributed by atoms with Gasteiger partial charge >= 0.3 is 0 Å². The van der Waals surface area contributed by atoms with E-state index in [0.717, 1.165) is 11.3 Å². The normalized spacial score (nSPS) is 9.89. The molecule has 0 fully saturated rings. The lowest BCUT2D eigenvalue weighted by Gasteiger charge is -2.10. The quantitative estimate of drug-likeness (QED) is 0.655. The van der Waals surface area contributed by atoms with Gasteiger partial charge in [0.25, 0.3) is 0 Å². The van der Waals surface area contributed by atoms with Crippen LogP contribution in [-0.2, 0) is 16.1 Å². The Kier molecular flexibility index (Phi) is 5.87. The number of para-hydroxylation sites is 1. The van der Waals surface area contributed by atoms with Crippen LogP contribution >= 0.6 is 0 Å². The van der Waals surface area contributed by atoms with E-state index in [-0.39, 0.29) is 11.8 Å². The van der Waals surface area contributed by atoms with E-state index in [9.17, 15) is 9.59 Å². The highest BCUT2D eigenvalue weighted by Crippen LogP contribution is 2.14. The Morgan fingerprint density at radius 3 is 2.44 bits per heavy atom. The molecule has 1 aromatic rings. The van der Waals surface area contributed by atoms with Crippen LogP contribution in [0.1, 0.15) is 19.4 Å². The third-order valence-corrected chi connectivity index (χ3v) is 2.32. The van der Waals surface area contributed by atoms with Crippen molar-refractivity contribution in [1.29, 1.82) is 0 Å². The van der Waals surface area contributed by atoms with Crippen molar-refractivity contribution in [3.05, 3.63) is 29.8 Å². The molecule has 0 bridgehead atoms. The van der Waals surface area contributed by atoms with Crippen molar-refractivity contribution in [2.24, 2.45) is 0 Å². The van der Waals surface area contributed by atoms with Crippen molar-refractivity contribution in [2.45, 2.75) is 20.4 Å². The average molecular weight is 249 g/mol. The van der Waals surface area contributed by atoms with Crippen molar-refractivity contribution < 1.29 is 9.59 Å². The Morgan fingerprint density at radius 2 is 1.78 bits per heavy atom. The zero-order chi connectivity index (χ0) is 13.4. The van der Waals surface area contributed by atoms with E-state index in [4.69, 9.17) is 0 Å². The summed E-state index contributed by atoms with van der Waals surface area (Å²) in [4.78, 5) is 21.7. The zero-order valence-electron chi connectivity index (χ0n) is 10.7. The molecule has 5 nitrogen and oxygen atoms in total. The molecule has 0 spiro atoms. The van der Waals surface area contributed by atoms with Gasteiger partial charge in [-0.2, -0.15) is 0 Å². The molecule has 0 saturated heterocycles. The summed E-state index contributed by atoms with van der Waals surface area (Å²) in [6.07, 6.45) is 0. The van der Waals surface area contributed by atoms with Crippen molar-refractivity contribution in [1.82, 2.24) is 10.6 Å². The van der Waals surface area contributed by atoms with Gasteiger partial charge in [-0.1, -0.05) is 18.2 Å². The molecule has 0 heterocycles. The van der Waals surface area contributed by atoms with Crippen molar-refractivity contribution in [2.75, 3.05) is 18.4 Å². The number of amides is 2. The minimum absolute atomic E-state index is 0.0320. The van der Waals surface area contributed by atoms with Crippen LogP contribution in [0, 0.1) is 0 Å². The maximum absolute atomic E-state index is 11.0. The van der Waals surface area contributed by atoms with Crippen molar-refractivity contribution >= 4 is 17.5 Å². The Morgan fingerprint density at radius 1 is 1.06 bits per heavy atom. The fraction of sp³-hybridized carbons (Fsp3) is 0.385. The van der Waals surface area contributed by atoms with E-state index in [1.807, 2.05) is 24.3 Å². The molecule has 98 valence electrons. The van der Waals surface area contributed by atoms with Crippen LogP contribution < -0.4 is 16.0 Å². The molecule has 0 atom stereocenters. The van der Waals surface area contributed by atoms with E-state index in [1.54, 1.807) is 0 Å². The van der Waals surface area contributed by atoms with Crippen LogP contribution in [0.4, 0.5) is 5.69 Å². The molecular formula is C13H19N3O2. The van der Waals surface area contributed by atoms with Gasteiger partial charge < -0.3 is 16.0 Å². The first-order chi connectivity index (χ1) is 8.59. The molecule has 0 aliphatic heterocycles. The highest BCUT2D eigenvalue weighted by Gasteiger charge is 2.02. The molecule has 0 unspecified atom stereocenters. The van der Waals surface area contributed by atoms with Gasteiger partial charge in [0, 0.05) is 39.2 Å². The summed E-state index contributed by atoms with van der Waals surface area (Å²) in [5.74, 6) is -0.115. The second-order valence-corrected chi connectivity index (χ2v) is 4.00. The fourth-order valence-electron chi connectivity index (χ4n) is 1.54. The maximum atomic E-state index is 11.0. The lowest BCUT2D eigenvalue weighted by Crippen LogP contribution is -2.30. The number of hydrogen-bond donors (Lipinski definition) is 3. The Balaban J connectivity index is 2.41. The first-order valence-corrected chi connectivity index (χ1v) is 5.90. The van der Waals surface area contributed by atoms with Crippen LogP contribution in [0.15, 0.2) is 24.3 Å². The van der Waals surface area contributed by atoms with Gasteiger partial charge in [0.15, 0.2) is 0 Å². The molecule has 0 aromatic heterocycles. The molecule has 1 rings (SSSR count). The summed E-state index contributed by atoms with van der Waals surface area (Å²) in [5.41, 5.74) is 1.84. The van der Waals surface area contributed by atoms with Gasteiger partial charge in [-0.25, -0.2) is 0 Å². The van der Waals surface area contributed by atoms with E-state index >= 15 is 0 Å². The molecule has 3 N–H and O–H groups in total. The van der Waals surface area contributed by atoms with Crippen molar-refractivity contribution in [3.8, 4) is 0 Å². The minimum Gasteiger partial charge on any atom is -0.355 e. The number of anilines is 1. The third kappa shape index (κ3) is 5.45. The third-order valence-electron chi connectivity index (χ3n) is 2.32. The van der Waals surface area contributed by atoms with Gasteiger partial charge in [0.05, 0.1) is 0 Å². The molecule has 0 saturated carbocycles. The summed E-state index contributed by atoms with van der Waals surface area (Å²) in [5, 5.41) is 8.70. The lowest BCUT2D eigenvalue weighted by molar-refractivity contribution is -0.119. The highest BCUT2D eigenvalue weighted by atomic mass is 16.2. The standard InChI is InChI=1S/C13H19N3O2/c1-10(17)15-8-7-14-9-12-5-3-4-6-13(12)16-11(2)18/h3-6,14H,7-9H2,1-2H3,(H,15,17)(H,16,18). The Bertz CT molecular complexity index is 418. The molecule has 1 aromatic carbocycles. The van der Waals surface area contributed by atoms with Gasteiger partial charge in [-0.05, 0) is 11.6 Å². The smallest absolute Gasteiger partial charge is 0.221 e. The minimum atomic E-state index is -0.0827. The van der Waals surface area contributed by atoms with Crippen LogP contribution in [0.2, 0.25) is 0 Å². The number of nitrogens with one attached hydrogen (secondary N) is 3. The van der Waals surface area contributed by atoms with Gasteiger partial charge in [-0.3, -0.25) is 9.59 Å². The molecule has 18 heavy (non-hydrogen) atoms. The predicted octanol–water partition coefficient (Wildman–Crippen LogP) is 0.871. The largest absolute Gasteiger partial charge is 0.355 e. The van der Waals surface area contributed by atoms with Crippen LogP contribution in [0.5, 0.6) is 0 Å². The van der Waals surface area contributed by atoms with Gasteiger partial charge in [0.1, 0.15) is 0 Å². The molecule has 5 heteroatoms. The molecule has 0 radical (unpaired) electrons. The summed E-state index contributed by atoms with van der Waals surface area (Å²) in [7, 11) is 0. The Hall–Kier alpha value is -1.88. The van der Waals surface area contributed by atoms with Crippen LogP contribution in [0.25, 0.3) is 0 Å². The van der Waals surface area contributed by atoms with Gasteiger partial charge in [-0.15, -0.1) is 0 Å². The summed E-state index contributed by atoms with van der Waals surface area (Å²) in [6, 6.07) is 7.63. The van der Waals surface area contributed by atoms with Crippen LogP contribution in [-0.4, -0.2) is 24.9 Å². The zero-order valence-corrected chi connectivity index (χ0v) is 10.7. The second-order valence-electron chi connectivity index (χ2n) is 4.00. The van der Waals surface area contributed by atoms with Gasteiger partial charge in [0.2, 0.25) is 11.8 Å². The number of benzene rings is 1. The molecule has 2 amide bonds. The average Bonchev–Trinajstić information content (AvgIpc) is 2.29. The first-order valence-electron chi connectivity index (χ1n) is 5.90. The van der Waals surface area contributed by atoms with E-state index in [1.165, 1.54) is 13.8 Å². The summed E-state index contributed by atoms with van der Waals surface area (Å²) >= 11 is 0. The molecule has 0 aliphatic carbocycles. The summed E-state index contributed by atoms with van der Waals surface area (Å²) in [6.45, 7) is 4.91. The Labute approximate surface area is 107 Å². The number of carbonyl (C=O) groups excluding carboxylic acids is 2. The number of carbonyl (C=O) groups is 2.